The van der Waals surface area contributed by atoms with Crippen LogP contribution in [0.4, 0.5) is 8.78 Å². The van der Waals surface area contributed by atoms with E-state index in [-0.39, 0.29) is 49.5 Å². The summed E-state index contributed by atoms with van der Waals surface area (Å²) < 4.78 is 52.3. The third-order valence-corrected chi connectivity index (χ3v) is 7.90. The van der Waals surface area contributed by atoms with Gasteiger partial charge in [-0.3, -0.25) is 4.90 Å². The second-order valence-corrected chi connectivity index (χ2v) is 10.7. The average Bonchev–Trinajstić information content (AvgIpc) is 3.61. The number of pyridine rings is 1. The summed E-state index contributed by atoms with van der Waals surface area (Å²) in [6.45, 7) is 3.67. The number of aromatic nitrogens is 3. The van der Waals surface area contributed by atoms with Gasteiger partial charge in [-0.15, -0.1) is 0 Å². The van der Waals surface area contributed by atoms with Crippen LogP contribution in [0.3, 0.4) is 0 Å². The number of fused-ring (bicyclic) bond motifs is 2. The summed E-state index contributed by atoms with van der Waals surface area (Å²) in [5, 5.41) is 10.3. The van der Waals surface area contributed by atoms with Gasteiger partial charge < -0.3 is 29.0 Å². The van der Waals surface area contributed by atoms with Crippen LogP contribution >= 0.6 is 11.6 Å². The molecule has 3 aliphatic rings. The van der Waals surface area contributed by atoms with Crippen LogP contribution in [0.15, 0.2) is 18.2 Å². The van der Waals surface area contributed by atoms with E-state index in [2.05, 4.69) is 19.9 Å². The van der Waals surface area contributed by atoms with E-state index in [0.29, 0.717) is 28.5 Å². The molecule has 0 bridgehead atoms. The summed E-state index contributed by atoms with van der Waals surface area (Å²) in [6.07, 6.45) is 1.99. The van der Waals surface area contributed by atoms with Gasteiger partial charge in [-0.2, -0.15) is 4.98 Å². The number of aryl methyl sites for hydroxylation is 1. The SMILES string of the molecule is O[C@@H]1CO[C@H]2[C@@H]1OC[C@H]2Oc1nc2nc(CCc3c(F)cc(OCCN4CCCCC4)cc3F)c(Cl)cc2[nH]1. The molecule has 6 rings (SSSR count). The number of ether oxygens (including phenoxy) is 4. The first-order chi connectivity index (χ1) is 18.9. The molecule has 3 fully saturated rings. The number of piperidine rings is 1. The number of aliphatic hydroxyl groups excluding tert-OH is 1. The van der Waals surface area contributed by atoms with Crippen molar-refractivity contribution in [3.05, 3.63) is 46.1 Å². The van der Waals surface area contributed by atoms with E-state index in [4.69, 9.17) is 30.5 Å². The van der Waals surface area contributed by atoms with Crippen LogP contribution in [-0.2, 0) is 22.3 Å². The largest absolute Gasteiger partial charge is 0.492 e. The van der Waals surface area contributed by atoms with Gasteiger partial charge in [-0.05, 0) is 44.8 Å². The molecule has 12 heteroatoms. The van der Waals surface area contributed by atoms with E-state index in [1.165, 1.54) is 31.4 Å². The molecule has 3 saturated heterocycles. The zero-order valence-electron chi connectivity index (χ0n) is 21.4. The second kappa shape index (κ2) is 11.5. The molecular weight excluding hydrogens is 534 g/mol. The van der Waals surface area contributed by atoms with Crippen molar-refractivity contribution in [2.75, 3.05) is 39.5 Å². The maximum atomic E-state index is 14.8. The predicted molar refractivity (Wildman–Crippen MR) is 138 cm³/mol. The van der Waals surface area contributed by atoms with Gasteiger partial charge in [0, 0.05) is 24.2 Å². The van der Waals surface area contributed by atoms with Gasteiger partial charge in [-0.1, -0.05) is 18.0 Å². The number of imidazole rings is 1. The van der Waals surface area contributed by atoms with Gasteiger partial charge in [0.25, 0.3) is 6.01 Å². The lowest BCUT2D eigenvalue weighted by molar-refractivity contribution is 0.00706. The third-order valence-electron chi connectivity index (χ3n) is 7.57. The fraction of sp³-hybridized carbons (Fsp3) is 0.556. The monoisotopic (exact) mass is 564 g/mol. The molecule has 0 amide bonds. The van der Waals surface area contributed by atoms with Crippen LogP contribution in [-0.4, -0.2) is 88.8 Å². The van der Waals surface area contributed by atoms with Gasteiger partial charge >= 0.3 is 0 Å². The molecular formula is C27H31ClF2N4O5. The number of nitrogens with one attached hydrogen (secondary N) is 1. The van der Waals surface area contributed by atoms with Gasteiger partial charge in [-0.25, -0.2) is 13.8 Å². The molecule has 5 heterocycles. The normalized spacial score (nSPS) is 25.3. The van der Waals surface area contributed by atoms with Crippen molar-refractivity contribution < 1.29 is 32.8 Å². The molecule has 9 nitrogen and oxygen atoms in total. The summed E-state index contributed by atoms with van der Waals surface area (Å²) in [5.74, 6) is -1.14. The fourth-order valence-corrected chi connectivity index (χ4v) is 5.72. The Kier molecular flexibility index (Phi) is 7.86. The molecule has 0 radical (unpaired) electrons. The minimum absolute atomic E-state index is 0.0445. The molecule has 3 aromatic rings. The van der Waals surface area contributed by atoms with Crippen molar-refractivity contribution in [2.24, 2.45) is 0 Å². The van der Waals surface area contributed by atoms with Gasteiger partial charge in [0.1, 0.15) is 42.3 Å². The second-order valence-electron chi connectivity index (χ2n) is 10.3. The van der Waals surface area contributed by atoms with Crippen molar-refractivity contribution in [2.45, 2.75) is 56.5 Å². The summed E-state index contributed by atoms with van der Waals surface area (Å²) >= 11 is 6.43. The Labute approximate surface area is 229 Å². The van der Waals surface area contributed by atoms with E-state index < -0.39 is 29.9 Å². The highest BCUT2D eigenvalue weighted by Gasteiger charge is 2.48. The molecule has 0 unspecified atom stereocenters. The molecule has 0 spiro atoms. The number of aromatic amines is 1. The first-order valence-electron chi connectivity index (χ1n) is 13.4. The Morgan fingerprint density at radius 2 is 1.79 bits per heavy atom. The van der Waals surface area contributed by atoms with Gasteiger partial charge in [0.2, 0.25) is 0 Å². The van der Waals surface area contributed by atoms with E-state index >= 15 is 0 Å². The number of likely N-dealkylation sites (tertiary alicyclic amines) is 1. The Bertz CT molecular complexity index is 1300. The lowest BCUT2D eigenvalue weighted by atomic mass is 10.1. The zero-order valence-corrected chi connectivity index (χ0v) is 22.1. The van der Waals surface area contributed by atoms with Crippen LogP contribution < -0.4 is 9.47 Å². The highest BCUT2D eigenvalue weighted by Crippen LogP contribution is 2.30. The Morgan fingerprint density at radius 1 is 1.03 bits per heavy atom. The van der Waals surface area contributed by atoms with Crippen molar-refractivity contribution in [3.63, 3.8) is 0 Å². The number of halogens is 3. The molecule has 0 saturated carbocycles. The maximum absolute atomic E-state index is 14.8. The van der Waals surface area contributed by atoms with Crippen molar-refractivity contribution in [1.82, 2.24) is 19.9 Å². The number of rotatable bonds is 9. The fourth-order valence-electron chi connectivity index (χ4n) is 5.47. The highest BCUT2D eigenvalue weighted by molar-refractivity contribution is 6.31. The molecule has 4 atom stereocenters. The Hall–Kier alpha value is -2.57. The number of nitrogens with zero attached hydrogens (tertiary/aromatic N) is 3. The van der Waals surface area contributed by atoms with E-state index in [0.717, 1.165) is 19.6 Å². The van der Waals surface area contributed by atoms with E-state index in [1.54, 1.807) is 6.07 Å². The average molecular weight is 565 g/mol. The summed E-state index contributed by atoms with van der Waals surface area (Å²) in [5.41, 5.74) is 1.35. The molecule has 1 aromatic carbocycles. The lowest BCUT2D eigenvalue weighted by Gasteiger charge is -2.26. The molecule has 2 aromatic heterocycles. The predicted octanol–water partition coefficient (Wildman–Crippen LogP) is 3.45. The van der Waals surface area contributed by atoms with Crippen LogP contribution in [0.1, 0.15) is 30.5 Å². The van der Waals surface area contributed by atoms with Crippen LogP contribution in [0.2, 0.25) is 5.02 Å². The summed E-state index contributed by atoms with van der Waals surface area (Å²) in [7, 11) is 0. The zero-order chi connectivity index (χ0) is 26.9. The third kappa shape index (κ3) is 5.83. The van der Waals surface area contributed by atoms with Crippen molar-refractivity contribution >= 4 is 22.8 Å². The number of hydrogen-bond acceptors (Lipinski definition) is 8. The topological polar surface area (TPSA) is 102 Å². The van der Waals surface area contributed by atoms with E-state index in [1.807, 2.05) is 0 Å². The number of H-pyrrole nitrogens is 1. The maximum Gasteiger partial charge on any atom is 0.296 e. The first kappa shape index (κ1) is 26.6. The minimum atomic E-state index is -0.676. The highest BCUT2D eigenvalue weighted by atomic mass is 35.5. The smallest absolute Gasteiger partial charge is 0.296 e. The quantitative estimate of drug-likeness (QED) is 0.408. The number of hydrogen-bond donors (Lipinski definition) is 2. The summed E-state index contributed by atoms with van der Waals surface area (Å²) in [6, 6.07) is 4.34. The van der Waals surface area contributed by atoms with E-state index in [9.17, 15) is 13.9 Å². The van der Waals surface area contributed by atoms with Crippen molar-refractivity contribution in [1.29, 1.82) is 0 Å². The lowest BCUT2D eigenvalue weighted by Crippen LogP contribution is -2.34. The first-order valence-corrected chi connectivity index (χ1v) is 13.8. The molecule has 39 heavy (non-hydrogen) atoms. The van der Waals surface area contributed by atoms with Crippen LogP contribution in [0, 0.1) is 11.6 Å². The van der Waals surface area contributed by atoms with Gasteiger partial charge in [0.15, 0.2) is 11.8 Å². The minimum Gasteiger partial charge on any atom is -0.492 e. The molecule has 0 aliphatic carbocycles. The van der Waals surface area contributed by atoms with Crippen molar-refractivity contribution in [3.8, 4) is 11.8 Å². The standard InChI is InChI=1S/C27H31ClF2N4O5/c28-17-12-21-26(33-27(32-21)39-23-14-38-24-22(35)13-37-25(23)24)31-20(17)5-4-16-18(29)10-15(11-19(16)30)36-9-8-34-6-2-1-3-7-34/h10-12,22-25,35H,1-9,13-14H2,(H,31,32,33)/t22-,23-,24-,25-/m1/s1. The summed E-state index contributed by atoms with van der Waals surface area (Å²) in [4.78, 5) is 14.2. The Balaban J connectivity index is 1.08. The number of aliphatic hydroxyl groups is 1. The van der Waals surface area contributed by atoms with Gasteiger partial charge in [0.05, 0.1) is 29.4 Å². The molecule has 3 aliphatic heterocycles. The number of benzene rings is 1. The van der Waals surface area contributed by atoms with Crippen LogP contribution in [0.5, 0.6) is 11.8 Å². The Morgan fingerprint density at radius 3 is 2.59 bits per heavy atom. The van der Waals surface area contributed by atoms with Crippen LogP contribution in [0.25, 0.3) is 11.2 Å². The molecule has 210 valence electrons. The molecule has 2 N–H and O–H groups in total.